The maximum atomic E-state index is 11.9. The molecule has 0 aromatic carbocycles. The Hall–Kier alpha value is -0.660. The lowest BCUT2D eigenvalue weighted by atomic mass is 9.93. The third-order valence-electron chi connectivity index (χ3n) is 2.92. The van der Waals surface area contributed by atoms with Gasteiger partial charge in [0, 0.05) is 26.7 Å². The van der Waals surface area contributed by atoms with E-state index in [0.717, 1.165) is 4.31 Å². The van der Waals surface area contributed by atoms with Crippen molar-refractivity contribution in [2.75, 3.05) is 20.6 Å². The van der Waals surface area contributed by atoms with Crippen molar-refractivity contribution in [3.8, 4) is 0 Å². The Morgan fingerprint density at radius 3 is 2.38 bits per heavy atom. The number of carbonyl (C=O) groups is 1. The second-order valence-corrected chi connectivity index (χ2v) is 6.40. The van der Waals surface area contributed by atoms with Crippen molar-refractivity contribution in [1.82, 2.24) is 8.61 Å². The number of carboxylic acids is 1. The van der Waals surface area contributed by atoms with Crippen molar-refractivity contribution < 1.29 is 18.3 Å². The van der Waals surface area contributed by atoms with E-state index >= 15 is 0 Å². The number of rotatable bonds is 3. The molecule has 1 fully saturated rings. The van der Waals surface area contributed by atoms with Crippen LogP contribution < -0.4 is 0 Å². The molecule has 0 amide bonds. The summed E-state index contributed by atoms with van der Waals surface area (Å²) in [4.78, 5) is 10.8. The highest BCUT2D eigenvalue weighted by Crippen LogP contribution is 2.25. The third kappa shape index (κ3) is 2.53. The van der Waals surface area contributed by atoms with Gasteiger partial charge in [0.25, 0.3) is 10.2 Å². The van der Waals surface area contributed by atoms with Crippen molar-refractivity contribution in [3.05, 3.63) is 0 Å². The Bertz CT molecular complexity index is 366. The van der Waals surface area contributed by atoms with Crippen molar-refractivity contribution in [3.63, 3.8) is 0 Å². The van der Waals surface area contributed by atoms with Gasteiger partial charge in [0.05, 0.1) is 5.92 Å². The molecule has 2 atom stereocenters. The lowest BCUT2D eigenvalue weighted by molar-refractivity contribution is -0.143. The molecule has 2 unspecified atom stereocenters. The predicted octanol–water partition coefficient (Wildman–Crippen LogP) is -0.0221. The molecule has 0 saturated carbocycles. The molecule has 0 aromatic rings. The number of hydrogen-bond donors (Lipinski definition) is 1. The minimum absolute atomic E-state index is 0.262. The Morgan fingerprint density at radius 1 is 1.44 bits per heavy atom. The Labute approximate surface area is 96.0 Å². The summed E-state index contributed by atoms with van der Waals surface area (Å²) in [7, 11) is -0.469. The molecule has 1 saturated heterocycles. The molecule has 1 N–H and O–H groups in total. The second-order valence-electron chi connectivity index (χ2n) is 4.31. The third-order valence-corrected chi connectivity index (χ3v) is 4.98. The van der Waals surface area contributed by atoms with Crippen LogP contribution in [0.3, 0.4) is 0 Å². The summed E-state index contributed by atoms with van der Waals surface area (Å²) in [6.07, 6.45) is 0.759. The van der Waals surface area contributed by atoms with Crippen LogP contribution in [0, 0.1) is 5.92 Å². The molecule has 1 aliphatic heterocycles. The van der Waals surface area contributed by atoms with Crippen molar-refractivity contribution >= 4 is 16.2 Å². The summed E-state index contributed by atoms with van der Waals surface area (Å²) in [6, 6.07) is -0.262. The normalized spacial score (nSPS) is 28.2. The molecular formula is C9H18N2O4S. The monoisotopic (exact) mass is 250 g/mol. The van der Waals surface area contributed by atoms with E-state index in [1.165, 1.54) is 18.4 Å². The Morgan fingerprint density at radius 2 is 2.00 bits per heavy atom. The van der Waals surface area contributed by atoms with Gasteiger partial charge in [0.1, 0.15) is 0 Å². The van der Waals surface area contributed by atoms with Crippen LogP contribution in [-0.2, 0) is 15.0 Å². The van der Waals surface area contributed by atoms with Crippen molar-refractivity contribution in [1.29, 1.82) is 0 Å². The molecule has 0 spiro atoms. The first-order valence-electron chi connectivity index (χ1n) is 5.19. The molecule has 6 nitrogen and oxygen atoms in total. The summed E-state index contributed by atoms with van der Waals surface area (Å²) in [5, 5.41) is 8.88. The van der Waals surface area contributed by atoms with Gasteiger partial charge >= 0.3 is 5.97 Å². The fourth-order valence-corrected chi connectivity index (χ4v) is 3.22. The molecular weight excluding hydrogens is 232 g/mol. The molecule has 0 bridgehead atoms. The van der Waals surface area contributed by atoms with E-state index in [1.807, 2.05) is 0 Å². The SMILES string of the molecule is CC1CC(C(=O)O)CCN1S(=O)(=O)N(C)C. The number of piperidine rings is 1. The largest absolute Gasteiger partial charge is 0.481 e. The van der Waals surface area contributed by atoms with Crippen LogP contribution in [0.5, 0.6) is 0 Å². The molecule has 0 aromatic heterocycles. The van der Waals surface area contributed by atoms with E-state index in [9.17, 15) is 13.2 Å². The average Bonchev–Trinajstić information content (AvgIpc) is 2.16. The molecule has 7 heteroatoms. The van der Waals surface area contributed by atoms with Gasteiger partial charge in [-0.3, -0.25) is 4.79 Å². The van der Waals surface area contributed by atoms with Crippen LogP contribution in [0.1, 0.15) is 19.8 Å². The molecule has 0 radical (unpaired) electrons. The molecule has 16 heavy (non-hydrogen) atoms. The highest BCUT2D eigenvalue weighted by atomic mass is 32.2. The van der Waals surface area contributed by atoms with E-state index in [1.54, 1.807) is 6.92 Å². The smallest absolute Gasteiger partial charge is 0.306 e. The van der Waals surface area contributed by atoms with E-state index in [4.69, 9.17) is 5.11 Å². The van der Waals surface area contributed by atoms with E-state index in [0.29, 0.717) is 12.8 Å². The van der Waals surface area contributed by atoms with E-state index < -0.39 is 22.1 Å². The highest BCUT2D eigenvalue weighted by Gasteiger charge is 2.36. The van der Waals surface area contributed by atoms with Gasteiger partial charge in [-0.2, -0.15) is 17.0 Å². The molecule has 0 aliphatic carbocycles. The summed E-state index contributed by atoms with van der Waals surface area (Å²) < 4.78 is 26.3. The number of nitrogens with zero attached hydrogens (tertiary/aromatic N) is 2. The standard InChI is InChI=1S/C9H18N2O4S/c1-7-6-8(9(12)13)4-5-11(7)16(14,15)10(2)3/h7-8H,4-6H2,1-3H3,(H,12,13). The summed E-state index contributed by atoms with van der Waals surface area (Å²) in [5.41, 5.74) is 0. The van der Waals surface area contributed by atoms with Crippen LogP contribution in [0.25, 0.3) is 0 Å². The van der Waals surface area contributed by atoms with Gasteiger partial charge in [-0.25, -0.2) is 0 Å². The summed E-state index contributed by atoms with van der Waals surface area (Å²) >= 11 is 0. The number of carboxylic acid groups (broad SMARTS) is 1. The van der Waals surface area contributed by atoms with E-state index in [-0.39, 0.29) is 12.6 Å². The molecule has 1 aliphatic rings. The highest BCUT2D eigenvalue weighted by molar-refractivity contribution is 7.86. The number of aliphatic carboxylic acids is 1. The molecule has 1 heterocycles. The fourth-order valence-electron chi connectivity index (χ4n) is 1.93. The zero-order valence-corrected chi connectivity index (χ0v) is 10.6. The fraction of sp³-hybridized carbons (Fsp3) is 0.889. The topological polar surface area (TPSA) is 77.9 Å². The van der Waals surface area contributed by atoms with Crippen LogP contribution in [0.4, 0.5) is 0 Å². The van der Waals surface area contributed by atoms with Crippen molar-refractivity contribution in [2.24, 2.45) is 5.92 Å². The zero-order valence-electron chi connectivity index (χ0n) is 9.75. The first kappa shape index (κ1) is 13.4. The lowest BCUT2D eigenvalue weighted by Crippen LogP contribution is -2.50. The van der Waals surface area contributed by atoms with Gasteiger partial charge in [0.2, 0.25) is 0 Å². The Balaban J connectivity index is 2.79. The van der Waals surface area contributed by atoms with Crippen LogP contribution >= 0.6 is 0 Å². The van der Waals surface area contributed by atoms with Gasteiger partial charge in [-0.1, -0.05) is 0 Å². The van der Waals surface area contributed by atoms with Crippen LogP contribution in [0.15, 0.2) is 0 Å². The minimum Gasteiger partial charge on any atom is -0.481 e. The van der Waals surface area contributed by atoms with Gasteiger partial charge in [0.15, 0.2) is 0 Å². The van der Waals surface area contributed by atoms with E-state index in [2.05, 4.69) is 0 Å². The zero-order chi connectivity index (χ0) is 12.5. The summed E-state index contributed by atoms with van der Waals surface area (Å²) in [5.74, 6) is -1.27. The average molecular weight is 250 g/mol. The van der Waals surface area contributed by atoms with Gasteiger partial charge in [-0.15, -0.1) is 0 Å². The predicted molar refractivity (Wildman–Crippen MR) is 59.1 cm³/mol. The minimum atomic E-state index is -3.42. The maximum Gasteiger partial charge on any atom is 0.306 e. The lowest BCUT2D eigenvalue weighted by Gasteiger charge is -2.36. The van der Waals surface area contributed by atoms with Crippen molar-refractivity contribution in [2.45, 2.75) is 25.8 Å². The van der Waals surface area contributed by atoms with Crippen LogP contribution in [0.2, 0.25) is 0 Å². The van der Waals surface area contributed by atoms with Gasteiger partial charge < -0.3 is 5.11 Å². The first-order valence-corrected chi connectivity index (χ1v) is 6.58. The van der Waals surface area contributed by atoms with Crippen LogP contribution in [-0.4, -0.2) is 54.8 Å². The first-order chi connectivity index (χ1) is 7.26. The quantitative estimate of drug-likeness (QED) is 0.763. The molecule has 1 rings (SSSR count). The maximum absolute atomic E-state index is 11.9. The number of hydrogen-bond acceptors (Lipinski definition) is 3. The summed E-state index contributed by atoms with van der Waals surface area (Å²) in [6.45, 7) is 2.02. The second kappa shape index (κ2) is 4.68. The molecule has 94 valence electrons. The Kier molecular flexibility index (Phi) is 3.92. The van der Waals surface area contributed by atoms with Gasteiger partial charge in [-0.05, 0) is 19.8 Å².